The molecule has 0 aliphatic carbocycles. The van der Waals surface area contributed by atoms with Crippen molar-refractivity contribution in [2.45, 2.75) is 39.8 Å². The fourth-order valence-corrected chi connectivity index (χ4v) is 2.50. The number of nitrogens with one attached hydrogen (secondary N) is 1. The molecular formula is C19H25NO. The summed E-state index contributed by atoms with van der Waals surface area (Å²) in [6.07, 6.45) is 1.05. The molecular weight excluding hydrogens is 258 g/mol. The normalized spacial score (nSPS) is 13.1. The molecule has 2 N–H and O–H groups in total. The molecule has 0 heterocycles. The van der Waals surface area contributed by atoms with Gasteiger partial charge in [-0.05, 0) is 23.5 Å². The highest BCUT2D eigenvalue weighted by Crippen LogP contribution is 2.30. The molecule has 112 valence electrons. The first-order valence-electron chi connectivity index (χ1n) is 7.51. The third-order valence-corrected chi connectivity index (χ3v) is 3.55. The molecule has 1 atom stereocenters. The van der Waals surface area contributed by atoms with Crippen molar-refractivity contribution in [2.75, 3.05) is 0 Å². The van der Waals surface area contributed by atoms with Crippen molar-refractivity contribution in [3.8, 4) is 5.75 Å². The molecule has 1 unspecified atom stereocenters. The van der Waals surface area contributed by atoms with E-state index in [1.165, 1.54) is 5.56 Å². The summed E-state index contributed by atoms with van der Waals surface area (Å²) in [6, 6.07) is 18.3. The van der Waals surface area contributed by atoms with Crippen molar-refractivity contribution in [3.63, 3.8) is 0 Å². The summed E-state index contributed by atoms with van der Waals surface area (Å²) in [5, 5.41) is 13.5. The van der Waals surface area contributed by atoms with E-state index in [0.29, 0.717) is 12.3 Å². The Balaban J connectivity index is 2.11. The van der Waals surface area contributed by atoms with Gasteiger partial charge in [0.15, 0.2) is 0 Å². The Morgan fingerprint density at radius 3 is 2.19 bits per heavy atom. The zero-order valence-corrected chi connectivity index (χ0v) is 13.1. The highest BCUT2D eigenvalue weighted by atomic mass is 16.3. The largest absolute Gasteiger partial charge is 0.508 e. The summed E-state index contributed by atoms with van der Waals surface area (Å²) < 4.78 is 0. The van der Waals surface area contributed by atoms with Crippen molar-refractivity contribution < 1.29 is 5.11 Å². The van der Waals surface area contributed by atoms with Crippen LogP contribution in [0.2, 0.25) is 0 Å². The average molecular weight is 283 g/mol. The molecule has 0 bridgehead atoms. The quantitative estimate of drug-likeness (QED) is 0.836. The molecule has 2 nitrogen and oxygen atoms in total. The lowest BCUT2D eigenvalue weighted by molar-refractivity contribution is 0.309. The molecule has 0 aromatic heterocycles. The third kappa shape index (κ3) is 4.91. The van der Waals surface area contributed by atoms with Crippen LogP contribution in [0.5, 0.6) is 5.75 Å². The first-order chi connectivity index (χ1) is 9.96. The lowest BCUT2D eigenvalue weighted by Crippen LogP contribution is -2.25. The van der Waals surface area contributed by atoms with Crippen molar-refractivity contribution in [3.05, 3.63) is 65.7 Å². The average Bonchev–Trinajstić information content (AvgIpc) is 2.45. The van der Waals surface area contributed by atoms with Gasteiger partial charge in [-0.3, -0.25) is 0 Å². The summed E-state index contributed by atoms with van der Waals surface area (Å²) in [5.74, 6) is 0.354. The molecule has 2 aromatic rings. The number of hydrogen-bond donors (Lipinski definition) is 2. The monoisotopic (exact) mass is 283 g/mol. The van der Waals surface area contributed by atoms with E-state index in [2.05, 4.69) is 50.4 Å². The summed E-state index contributed by atoms with van der Waals surface area (Å²) in [5.41, 5.74) is 2.47. The molecule has 0 radical (unpaired) electrons. The number of benzene rings is 2. The van der Waals surface area contributed by atoms with E-state index in [1.54, 1.807) is 6.07 Å². The van der Waals surface area contributed by atoms with Crippen molar-refractivity contribution in [1.82, 2.24) is 5.32 Å². The first-order valence-corrected chi connectivity index (χ1v) is 7.51. The Kier molecular flexibility index (Phi) is 5.03. The molecule has 0 aliphatic rings. The minimum atomic E-state index is 0.242. The third-order valence-electron chi connectivity index (χ3n) is 3.55. The Hall–Kier alpha value is -1.80. The Morgan fingerprint density at radius 1 is 0.952 bits per heavy atom. The Labute approximate surface area is 127 Å². The van der Waals surface area contributed by atoms with Crippen LogP contribution in [0.15, 0.2) is 54.6 Å². The van der Waals surface area contributed by atoms with Gasteiger partial charge in [0.1, 0.15) is 5.75 Å². The molecule has 21 heavy (non-hydrogen) atoms. The Bertz CT molecular complexity index is 557. The predicted octanol–water partition coefficient (Wildman–Crippen LogP) is 4.66. The van der Waals surface area contributed by atoms with Crippen LogP contribution in [0, 0.1) is 5.41 Å². The molecule has 0 fully saturated rings. The van der Waals surface area contributed by atoms with Crippen LogP contribution in [-0.4, -0.2) is 5.11 Å². The van der Waals surface area contributed by atoms with Gasteiger partial charge in [0.2, 0.25) is 0 Å². The molecule has 0 saturated carbocycles. The van der Waals surface area contributed by atoms with Gasteiger partial charge in [-0.25, -0.2) is 0 Å². The highest BCUT2D eigenvalue weighted by molar-refractivity contribution is 5.31. The minimum Gasteiger partial charge on any atom is -0.508 e. The fraction of sp³-hybridized carbons (Fsp3) is 0.368. The van der Waals surface area contributed by atoms with Crippen LogP contribution >= 0.6 is 0 Å². The number of aromatic hydroxyl groups is 1. The number of rotatable bonds is 5. The van der Waals surface area contributed by atoms with Crippen LogP contribution in [-0.2, 0) is 6.54 Å². The van der Waals surface area contributed by atoms with Gasteiger partial charge in [-0.1, -0.05) is 69.3 Å². The van der Waals surface area contributed by atoms with Gasteiger partial charge >= 0.3 is 0 Å². The van der Waals surface area contributed by atoms with Gasteiger partial charge in [-0.15, -0.1) is 0 Å². The van der Waals surface area contributed by atoms with Gasteiger partial charge in [0.25, 0.3) is 0 Å². The Morgan fingerprint density at radius 2 is 1.57 bits per heavy atom. The smallest absolute Gasteiger partial charge is 0.120 e. The van der Waals surface area contributed by atoms with Gasteiger partial charge in [-0.2, -0.15) is 0 Å². The van der Waals surface area contributed by atoms with E-state index in [-0.39, 0.29) is 11.5 Å². The van der Waals surface area contributed by atoms with Crippen molar-refractivity contribution >= 4 is 0 Å². The summed E-state index contributed by atoms with van der Waals surface area (Å²) in [7, 11) is 0. The van der Waals surface area contributed by atoms with Crippen LogP contribution in [0.1, 0.15) is 44.4 Å². The summed E-state index contributed by atoms with van der Waals surface area (Å²) >= 11 is 0. The van der Waals surface area contributed by atoms with E-state index in [1.807, 2.05) is 24.3 Å². The molecule has 2 heteroatoms. The van der Waals surface area contributed by atoms with E-state index < -0.39 is 0 Å². The zero-order valence-electron chi connectivity index (χ0n) is 13.1. The predicted molar refractivity (Wildman–Crippen MR) is 88.2 cm³/mol. The SMILES string of the molecule is CC(C)(C)CC(NCc1ccccc1O)c1ccccc1. The fourth-order valence-electron chi connectivity index (χ4n) is 2.50. The maximum absolute atomic E-state index is 9.89. The molecule has 2 rings (SSSR count). The number of hydrogen-bond acceptors (Lipinski definition) is 2. The molecule has 0 saturated heterocycles. The minimum absolute atomic E-state index is 0.242. The van der Waals surface area contributed by atoms with Crippen LogP contribution in [0.4, 0.5) is 0 Å². The van der Waals surface area contributed by atoms with Crippen molar-refractivity contribution in [1.29, 1.82) is 0 Å². The highest BCUT2D eigenvalue weighted by Gasteiger charge is 2.20. The second kappa shape index (κ2) is 6.77. The molecule has 0 amide bonds. The maximum atomic E-state index is 9.89. The lowest BCUT2D eigenvalue weighted by atomic mass is 9.85. The molecule has 0 aliphatic heterocycles. The standard InChI is InChI=1S/C19H25NO/c1-19(2,3)13-17(15-9-5-4-6-10-15)20-14-16-11-7-8-12-18(16)21/h4-12,17,20-21H,13-14H2,1-3H3. The maximum Gasteiger partial charge on any atom is 0.120 e. The molecule has 0 spiro atoms. The van der Waals surface area contributed by atoms with Crippen LogP contribution < -0.4 is 5.32 Å². The number of phenols is 1. The van der Waals surface area contributed by atoms with Gasteiger partial charge < -0.3 is 10.4 Å². The number of phenolic OH excluding ortho intramolecular Hbond substituents is 1. The van der Waals surface area contributed by atoms with Crippen molar-refractivity contribution in [2.24, 2.45) is 5.41 Å². The lowest BCUT2D eigenvalue weighted by Gasteiger charge is -2.27. The topological polar surface area (TPSA) is 32.3 Å². The van der Waals surface area contributed by atoms with E-state index in [9.17, 15) is 5.11 Å². The van der Waals surface area contributed by atoms with E-state index in [4.69, 9.17) is 0 Å². The van der Waals surface area contributed by atoms with Crippen LogP contribution in [0.3, 0.4) is 0 Å². The van der Waals surface area contributed by atoms with Gasteiger partial charge in [0.05, 0.1) is 0 Å². The second-order valence-corrected chi connectivity index (χ2v) is 6.74. The zero-order chi connectivity index (χ0) is 15.3. The summed E-state index contributed by atoms with van der Waals surface area (Å²) in [6.45, 7) is 7.43. The van der Waals surface area contributed by atoms with Crippen LogP contribution in [0.25, 0.3) is 0 Å². The second-order valence-electron chi connectivity index (χ2n) is 6.74. The number of para-hydroxylation sites is 1. The summed E-state index contributed by atoms with van der Waals surface area (Å²) in [4.78, 5) is 0. The molecule has 2 aromatic carbocycles. The van der Waals surface area contributed by atoms with E-state index in [0.717, 1.165) is 12.0 Å². The first kappa shape index (κ1) is 15.6. The van der Waals surface area contributed by atoms with Gasteiger partial charge in [0, 0.05) is 18.2 Å². The van der Waals surface area contributed by atoms with E-state index >= 15 is 0 Å².